The Morgan fingerprint density at radius 1 is 1.14 bits per heavy atom. The van der Waals surface area contributed by atoms with E-state index in [9.17, 15) is 0 Å². The quantitative estimate of drug-likeness (QED) is 0.443. The Hall–Kier alpha value is -2.55. The van der Waals surface area contributed by atoms with Crippen molar-refractivity contribution in [2.45, 2.75) is 19.3 Å². The molecule has 0 saturated carbocycles. The van der Waals surface area contributed by atoms with E-state index in [1.807, 2.05) is 53.2 Å². The summed E-state index contributed by atoms with van der Waals surface area (Å²) in [6.45, 7) is 0.904. The molecule has 9 heteroatoms. The largest absolute Gasteiger partial charge is 0.365 e. The first kappa shape index (κ1) is 17.5. The van der Waals surface area contributed by atoms with Crippen molar-refractivity contribution in [3.63, 3.8) is 0 Å². The van der Waals surface area contributed by atoms with Gasteiger partial charge in [-0.05, 0) is 29.8 Å². The molecule has 2 aromatic carbocycles. The maximum atomic E-state index is 6.02. The van der Waals surface area contributed by atoms with Gasteiger partial charge in [-0.3, -0.25) is 0 Å². The third kappa shape index (κ3) is 3.23. The summed E-state index contributed by atoms with van der Waals surface area (Å²) in [4.78, 5) is 4.47. The zero-order chi connectivity index (χ0) is 19.1. The summed E-state index contributed by atoms with van der Waals surface area (Å²) in [7, 11) is 0. The average Bonchev–Trinajstić information content (AvgIpc) is 3.35. The maximum absolute atomic E-state index is 6.02. The molecule has 2 aromatic heterocycles. The molecule has 0 N–H and O–H groups in total. The molecule has 4 aromatic rings. The molecule has 5 rings (SSSR count). The first-order valence-electron chi connectivity index (χ1n) is 8.57. The van der Waals surface area contributed by atoms with Crippen molar-refractivity contribution < 1.29 is 9.26 Å². The Bertz CT molecular complexity index is 1140. The molecule has 0 fully saturated rings. The van der Waals surface area contributed by atoms with E-state index in [1.165, 1.54) is 0 Å². The van der Waals surface area contributed by atoms with Crippen LogP contribution in [0.5, 0.6) is 0 Å². The summed E-state index contributed by atoms with van der Waals surface area (Å²) < 4.78 is 14.2. The number of fused-ring (bicyclic) bond motifs is 1. The van der Waals surface area contributed by atoms with Crippen LogP contribution in [0, 0.1) is 0 Å². The molecule has 140 valence electrons. The molecule has 0 amide bonds. The minimum Gasteiger partial charge on any atom is -0.365 e. The van der Waals surface area contributed by atoms with Crippen LogP contribution >= 0.6 is 27.5 Å². The van der Waals surface area contributed by atoms with Crippen LogP contribution in [0.15, 0.2) is 57.5 Å². The monoisotopic (exact) mass is 457 g/mol. The lowest BCUT2D eigenvalue weighted by Crippen LogP contribution is -2.22. The van der Waals surface area contributed by atoms with Crippen LogP contribution in [0.3, 0.4) is 0 Å². The summed E-state index contributed by atoms with van der Waals surface area (Å²) in [6.07, 6.45) is -0.112. The molecule has 1 atom stereocenters. The van der Waals surface area contributed by atoms with Gasteiger partial charge in [0.1, 0.15) is 6.10 Å². The van der Waals surface area contributed by atoms with E-state index in [4.69, 9.17) is 20.9 Å². The predicted octanol–water partition coefficient (Wildman–Crippen LogP) is 4.68. The van der Waals surface area contributed by atoms with E-state index in [-0.39, 0.29) is 6.10 Å². The van der Waals surface area contributed by atoms with Crippen LogP contribution in [-0.4, -0.2) is 25.1 Å². The molecule has 0 radical (unpaired) electrons. The van der Waals surface area contributed by atoms with E-state index in [0.29, 0.717) is 35.6 Å². The minimum absolute atomic E-state index is 0.112. The Morgan fingerprint density at radius 2 is 2.00 bits per heavy atom. The number of halogens is 2. The smallest absolute Gasteiger partial charge is 0.280 e. The fraction of sp³-hybridized carbons (Fsp3) is 0.158. The SMILES string of the molecule is Clc1ccc(C2Cn3nnc(-c4nc(-c5cccc(Br)c5)no4)c3CO2)cc1. The summed E-state index contributed by atoms with van der Waals surface area (Å²) in [6, 6.07) is 15.3. The van der Waals surface area contributed by atoms with Gasteiger partial charge >= 0.3 is 0 Å². The fourth-order valence-electron chi connectivity index (χ4n) is 3.12. The minimum atomic E-state index is -0.112. The van der Waals surface area contributed by atoms with Crippen molar-refractivity contribution in [3.8, 4) is 23.0 Å². The number of nitrogens with zero attached hydrogens (tertiary/aromatic N) is 5. The number of hydrogen-bond acceptors (Lipinski definition) is 6. The van der Waals surface area contributed by atoms with Crippen LogP contribution in [-0.2, 0) is 17.9 Å². The Labute approximate surface area is 173 Å². The third-order valence-electron chi connectivity index (χ3n) is 4.55. The van der Waals surface area contributed by atoms with Crippen molar-refractivity contribution in [3.05, 3.63) is 69.3 Å². The Kier molecular flexibility index (Phi) is 4.46. The summed E-state index contributed by atoms with van der Waals surface area (Å²) in [5.41, 5.74) is 3.25. The second kappa shape index (κ2) is 7.12. The molecule has 28 heavy (non-hydrogen) atoms. The van der Waals surface area contributed by atoms with Crippen molar-refractivity contribution in [1.82, 2.24) is 25.1 Å². The van der Waals surface area contributed by atoms with Gasteiger partial charge in [0.15, 0.2) is 5.69 Å². The van der Waals surface area contributed by atoms with Gasteiger partial charge in [0.25, 0.3) is 5.89 Å². The first-order chi connectivity index (χ1) is 13.7. The lowest BCUT2D eigenvalue weighted by Gasteiger charge is -2.24. The fourth-order valence-corrected chi connectivity index (χ4v) is 3.65. The zero-order valence-corrected chi connectivity index (χ0v) is 16.8. The van der Waals surface area contributed by atoms with Crippen LogP contribution in [0.4, 0.5) is 0 Å². The lowest BCUT2D eigenvalue weighted by molar-refractivity contribution is -0.00117. The van der Waals surface area contributed by atoms with Crippen LogP contribution in [0.25, 0.3) is 23.0 Å². The van der Waals surface area contributed by atoms with Crippen molar-refractivity contribution in [1.29, 1.82) is 0 Å². The lowest BCUT2D eigenvalue weighted by atomic mass is 10.1. The number of hydrogen-bond donors (Lipinski definition) is 0. The molecule has 3 heterocycles. The normalized spacial score (nSPS) is 16.1. The molecule has 1 aliphatic heterocycles. The molecule has 0 saturated heterocycles. The van der Waals surface area contributed by atoms with Gasteiger partial charge in [-0.1, -0.05) is 62.2 Å². The van der Waals surface area contributed by atoms with Gasteiger partial charge in [-0.15, -0.1) is 5.10 Å². The standard InChI is InChI=1S/C19H13BrClN5O2/c20-13-3-1-2-12(8-13)18-22-19(28-24-18)17-15-10-27-16(9-26(15)25-23-17)11-4-6-14(21)7-5-11/h1-8,16H,9-10H2. The van der Waals surface area contributed by atoms with Crippen molar-refractivity contribution in [2.24, 2.45) is 0 Å². The summed E-state index contributed by atoms with van der Waals surface area (Å²) in [5, 5.41) is 13.3. The number of ether oxygens (including phenoxy) is 1. The number of benzene rings is 2. The van der Waals surface area contributed by atoms with Crippen molar-refractivity contribution in [2.75, 3.05) is 0 Å². The van der Waals surface area contributed by atoms with E-state index >= 15 is 0 Å². The van der Waals surface area contributed by atoms with E-state index in [2.05, 4.69) is 36.4 Å². The highest BCUT2D eigenvalue weighted by atomic mass is 79.9. The Balaban J connectivity index is 1.42. The van der Waals surface area contributed by atoms with Gasteiger partial charge in [-0.25, -0.2) is 4.68 Å². The highest BCUT2D eigenvalue weighted by Gasteiger charge is 2.28. The topological polar surface area (TPSA) is 78.9 Å². The van der Waals surface area contributed by atoms with Gasteiger partial charge < -0.3 is 9.26 Å². The first-order valence-corrected chi connectivity index (χ1v) is 9.74. The average molecular weight is 459 g/mol. The molecule has 0 aliphatic carbocycles. The molecule has 0 spiro atoms. The van der Waals surface area contributed by atoms with Crippen LogP contribution in [0.2, 0.25) is 5.02 Å². The molecule has 1 aliphatic rings. The van der Waals surface area contributed by atoms with Gasteiger partial charge in [0.2, 0.25) is 5.82 Å². The highest BCUT2D eigenvalue weighted by Crippen LogP contribution is 2.31. The number of rotatable bonds is 3. The second-order valence-corrected chi connectivity index (χ2v) is 7.70. The summed E-state index contributed by atoms with van der Waals surface area (Å²) in [5.74, 6) is 0.818. The molecule has 0 bridgehead atoms. The molecule has 7 nitrogen and oxygen atoms in total. The Morgan fingerprint density at radius 3 is 2.82 bits per heavy atom. The van der Waals surface area contributed by atoms with Gasteiger partial charge in [-0.2, -0.15) is 4.98 Å². The van der Waals surface area contributed by atoms with Crippen LogP contribution in [0.1, 0.15) is 17.4 Å². The highest BCUT2D eigenvalue weighted by molar-refractivity contribution is 9.10. The summed E-state index contributed by atoms with van der Waals surface area (Å²) >= 11 is 9.41. The molecule has 1 unspecified atom stereocenters. The predicted molar refractivity (Wildman–Crippen MR) is 105 cm³/mol. The second-order valence-electron chi connectivity index (χ2n) is 6.35. The van der Waals surface area contributed by atoms with Crippen molar-refractivity contribution >= 4 is 27.5 Å². The van der Waals surface area contributed by atoms with E-state index in [0.717, 1.165) is 21.3 Å². The maximum Gasteiger partial charge on any atom is 0.280 e. The number of aromatic nitrogens is 5. The van der Waals surface area contributed by atoms with Gasteiger partial charge in [0.05, 0.1) is 18.8 Å². The third-order valence-corrected chi connectivity index (χ3v) is 5.30. The van der Waals surface area contributed by atoms with Crippen LogP contribution < -0.4 is 0 Å². The van der Waals surface area contributed by atoms with E-state index in [1.54, 1.807) is 0 Å². The zero-order valence-electron chi connectivity index (χ0n) is 14.4. The molecular formula is C19H13BrClN5O2. The van der Waals surface area contributed by atoms with E-state index < -0.39 is 0 Å². The molecular weight excluding hydrogens is 446 g/mol. The van der Waals surface area contributed by atoms with Gasteiger partial charge in [0, 0.05) is 15.1 Å².